The number of rotatable bonds is 4. The van der Waals surface area contributed by atoms with Crippen LogP contribution in [-0.4, -0.2) is 20.6 Å². The molecule has 4 nitrogen and oxygen atoms in total. The average molecular weight is 345 g/mol. The van der Waals surface area contributed by atoms with E-state index in [9.17, 15) is 13.2 Å². The number of benzene rings is 2. The van der Waals surface area contributed by atoms with Crippen LogP contribution in [0.15, 0.2) is 41.3 Å². The summed E-state index contributed by atoms with van der Waals surface area (Å²) in [4.78, 5) is 12.8. The first-order chi connectivity index (χ1) is 11.1. The molecule has 0 saturated heterocycles. The Hall–Kier alpha value is -2.14. The largest absolute Gasteiger partial charge is 0.346 e. The van der Waals surface area contributed by atoms with Gasteiger partial charge in [-0.15, -0.1) is 0 Å². The third kappa shape index (κ3) is 4.03. The number of sulfone groups is 1. The van der Waals surface area contributed by atoms with E-state index in [1.54, 1.807) is 24.3 Å². The van der Waals surface area contributed by atoms with E-state index >= 15 is 0 Å². The Morgan fingerprint density at radius 3 is 2.04 bits per heavy atom. The Balaban J connectivity index is 2.19. The summed E-state index contributed by atoms with van der Waals surface area (Å²) in [6.45, 7) is 7.81. The summed E-state index contributed by atoms with van der Waals surface area (Å²) in [5.74, 6) is -0.129. The van der Waals surface area contributed by atoms with E-state index in [-0.39, 0.29) is 16.8 Å². The van der Waals surface area contributed by atoms with Gasteiger partial charge in [-0.1, -0.05) is 18.2 Å². The van der Waals surface area contributed by atoms with Crippen molar-refractivity contribution in [2.75, 3.05) is 6.26 Å². The molecule has 2 aromatic carbocycles. The molecule has 0 aromatic heterocycles. The molecule has 24 heavy (non-hydrogen) atoms. The third-order valence-electron chi connectivity index (χ3n) is 4.24. The Labute approximate surface area is 143 Å². The molecular formula is C19H23NO3S. The zero-order valence-electron chi connectivity index (χ0n) is 14.7. The minimum atomic E-state index is -3.21. The normalized spacial score (nSPS) is 12.7. The predicted octanol–water partition coefficient (Wildman–Crippen LogP) is 3.51. The van der Waals surface area contributed by atoms with E-state index in [2.05, 4.69) is 5.32 Å². The molecule has 0 fully saturated rings. The van der Waals surface area contributed by atoms with Crippen LogP contribution >= 0.6 is 0 Å². The standard InChI is InChI=1S/C19H23NO3S/c1-12-10-14(3)18(11-13(12)2)19(21)20-15(4)16-6-8-17(9-7-16)24(5,22)23/h6-11,15H,1-5H3,(H,20,21). The molecule has 1 unspecified atom stereocenters. The van der Waals surface area contributed by atoms with Gasteiger partial charge in [0, 0.05) is 11.8 Å². The van der Waals surface area contributed by atoms with Crippen LogP contribution in [0.4, 0.5) is 0 Å². The maximum Gasteiger partial charge on any atom is 0.252 e. The van der Waals surface area contributed by atoms with E-state index in [0.29, 0.717) is 5.56 Å². The molecule has 128 valence electrons. The average Bonchev–Trinajstić information content (AvgIpc) is 2.50. The van der Waals surface area contributed by atoms with E-state index in [1.165, 1.54) is 6.26 Å². The first kappa shape index (κ1) is 18.2. The van der Waals surface area contributed by atoms with Gasteiger partial charge >= 0.3 is 0 Å². The monoisotopic (exact) mass is 345 g/mol. The van der Waals surface area contributed by atoms with Crippen LogP contribution in [0.1, 0.15) is 45.6 Å². The van der Waals surface area contributed by atoms with Gasteiger partial charge in [-0.25, -0.2) is 8.42 Å². The van der Waals surface area contributed by atoms with E-state index in [4.69, 9.17) is 0 Å². The summed E-state index contributed by atoms with van der Waals surface area (Å²) in [6, 6.07) is 10.3. The maximum absolute atomic E-state index is 12.5. The van der Waals surface area contributed by atoms with E-state index in [1.807, 2.05) is 39.8 Å². The fourth-order valence-electron chi connectivity index (χ4n) is 2.57. The van der Waals surface area contributed by atoms with Gasteiger partial charge in [0.1, 0.15) is 0 Å². The lowest BCUT2D eigenvalue weighted by atomic mass is 10.00. The summed E-state index contributed by atoms with van der Waals surface area (Å²) < 4.78 is 23.0. The van der Waals surface area contributed by atoms with Crippen LogP contribution in [0.3, 0.4) is 0 Å². The number of aryl methyl sites for hydroxylation is 3. The van der Waals surface area contributed by atoms with E-state index in [0.717, 1.165) is 22.3 Å². The minimum Gasteiger partial charge on any atom is -0.346 e. The number of nitrogens with one attached hydrogen (secondary N) is 1. The predicted molar refractivity (Wildman–Crippen MR) is 96.1 cm³/mol. The third-order valence-corrected chi connectivity index (χ3v) is 5.37. The van der Waals surface area contributed by atoms with Crippen molar-refractivity contribution < 1.29 is 13.2 Å². The zero-order valence-corrected chi connectivity index (χ0v) is 15.5. The highest BCUT2D eigenvalue weighted by molar-refractivity contribution is 7.90. The van der Waals surface area contributed by atoms with Crippen molar-refractivity contribution in [3.05, 3.63) is 64.2 Å². The van der Waals surface area contributed by atoms with Crippen molar-refractivity contribution in [3.8, 4) is 0 Å². The lowest BCUT2D eigenvalue weighted by Gasteiger charge is -2.16. The summed E-state index contributed by atoms with van der Waals surface area (Å²) >= 11 is 0. The highest BCUT2D eigenvalue weighted by atomic mass is 32.2. The first-order valence-electron chi connectivity index (χ1n) is 7.78. The first-order valence-corrected chi connectivity index (χ1v) is 9.67. The molecule has 0 bridgehead atoms. The molecule has 1 amide bonds. The van der Waals surface area contributed by atoms with Gasteiger partial charge in [-0.05, 0) is 68.1 Å². The Morgan fingerprint density at radius 2 is 1.50 bits per heavy atom. The van der Waals surface area contributed by atoms with Crippen molar-refractivity contribution >= 4 is 15.7 Å². The molecule has 2 aromatic rings. The molecule has 2 rings (SSSR count). The Morgan fingerprint density at radius 1 is 0.958 bits per heavy atom. The summed E-state index contributed by atoms with van der Waals surface area (Å²) in [7, 11) is -3.21. The second-order valence-corrected chi connectivity index (χ2v) is 8.30. The van der Waals surface area contributed by atoms with Gasteiger partial charge in [0.05, 0.1) is 10.9 Å². The lowest BCUT2D eigenvalue weighted by molar-refractivity contribution is 0.0939. The number of hydrogen-bond donors (Lipinski definition) is 1. The number of carbonyl (C=O) groups is 1. The molecule has 5 heteroatoms. The van der Waals surface area contributed by atoms with Crippen LogP contribution in [0, 0.1) is 20.8 Å². The van der Waals surface area contributed by atoms with Gasteiger partial charge in [0.2, 0.25) is 0 Å². The van der Waals surface area contributed by atoms with Crippen LogP contribution in [0.25, 0.3) is 0 Å². The number of amides is 1. The Kier molecular flexibility index (Phi) is 5.13. The molecule has 0 aliphatic rings. The maximum atomic E-state index is 12.5. The van der Waals surface area contributed by atoms with Crippen molar-refractivity contribution in [2.45, 2.75) is 38.6 Å². The molecular weight excluding hydrogens is 322 g/mol. The van der Waals surface area contributed by atoms with E-state index < -0.39 is 9.84 Å². The van der Waals surface area contributed by atoms with Crippen LogP contribution in [0.5, 0.6) is 0 Å². The van der Waals surface area contributed by atoms with Crippen molar-refractivity contribution in [3.63, 3.8) is 0 Å². The van der Waals surface area contributed by atoms with Gasteiger partial charge in [-0.3, -0.25) is 4.79 Å². The summed E-state index contributed by atoms with van der Waals surface area (Å²) in [5.41, 5.74) is 4.70. The second kappa shape index (κ2) is 6.77. The minimum absolute atomic E-state index is 0.129. The van der Waals surface area contributed by atoms with Crippen molar-refractivity contribution in [2.24, 2.45) is 0 Å². The van der Waals surface area contributed by atoms with Crippen molar-refractivity contribution in [1.82, 2.24) is 5.32 Å². The molecule has 1 N–H and O–H groups in total. The topological polar surface area (TPSA) is 63.2 Å². The molecule has 0 heterocycles. The molecule has 0 radical (unpaired) electrons. The van der Waals surface area contributed by atoms with Crippen LogP contribution in [-0.2, 0) is 9.84 Å². The quantitative estimate of drug-likeness (QED) is 0.922. The van der Waals surface area contributed by atoms with Crippen molar-refractivity contribution in [1.29, 1.82) is 0 Å². The zero-order chi connectivity index (χ0) is 18.1. The Bertz CT molecular complexity index is 868. The lowest BCUT2D eigenvalue weighted by Crippen LogP contribution is -2.27. The van der Waals surface area contributed by atoms with Crippen LogP contribution in [0.2, 0.25) is 0 Å². The van der Waals surface area contributed by atoms with Gasteiger partial charge < -0.3 is 5.32 Å². The smallest absolute Gasteiger partial charge is 0.252 e. The summed E-state index contributed by atoms with van der Waals surface area (Å²) in [6.07, 6.45) is 1.18. The highest BCUT2D eigenvalue weighted by Gasteiger charge is 2.15. The second-order valence-electron chi connectivity index (χ2n) is 6.29. The fourth-order valence-corrected chi connectivity index (χ4v) is 3.20. The van der Waals surface area contributed by atoms with Crippen LogP contribution < -0.4 is 5.32 Å². The molecule has 0 spiro atoms. The molecule has 1 atom stereocenters. The molecule has 0 aliphatic carbocycles. The SMILES string of the molecule is Cc1cc(C)c(C(=O)NC(C)c2ccc(S(C)(=O)=O)cc2)cc1C. The molecule has 0 saturated carbocycles. The van der Waals surface area contributed by atoms with Gasteiger partial charge in [0.25, 0.3) is 5.91 Å². The molecule has 0 aliphatic heterocycles. The number of carbonyl (C=O) groups excluding carboxylic acids is 1. The highest BCUT2D eigenvalue weighted by Crippen LogP contribution is 2.19. The fraction of sp³-hybridized carbons (Fsp3) is 0.316. The van der Waals surface area contributed by atoms with Gasteiger partial charge in [0.15, 0.2) is 9.84 Å². The summed E-state index contributed by atoms with van der Waals surface area (Å²) in [5, 5.41) is 2.97. The number of hydrogen-bond acceptors (Lipinski definition) is 3. The van der Waals surface area contributed by atoms with Gasteiger partial charge in [-0.2, -0.15) is 0 Å².